The molecule has 0 aliphatic rings. The van der Waals surface area contributed by atoms with Crippen molar-refractivity contribution in [2.24, 2.45) is 5.92 Å². The molecule has 0 bridgehead atoms. The van der Waals surface area contributed by atoms with Crippen molar-refractivity contribution in [3.63, 3.8) is 0 Å². The summed E-state index contributed by atoms with van der Waals surface area (Å²) in [5.74, 6) is -0.00997. The van der Waals surface area contributed by atoms with Crippen LogP contribution in [0.3, 0.4) is 0 Å². The zero-order valence-corrected chi connectivity index (χ0v) is 9.83. The highest BCUT2D eigenvalue weighted by molar-refractivity contribution is 5.18. The molecule has 2 nitrogen and oxygen atoms in total. The molecule has 2 unspecified atom stereocenters. The Morgan fingerprint density at radius 2 is 2.00 bits per heavy atom. The van der Waals surface area contributed by atoms with Crippen LogP contribution in [-0.4, -0.2) is 10.1 Å². The summed E-state index contributed by atoms with van der Waals surface area (Å²) in [4.78, 5) is 3.68. The van der Waals surface area contributed by atoms with Crippen molar-refractivity contribution in [2.75, 3.05) is 0 Å². The molecular weight excluding hydrogens is 231 g/mol. The van der Waals surface area contributed by atoms with Gasteiger partial charge in [-0.15, -0.1) is 0 Å². The molecule has 0 aliphatic heterocycles. The van der Waals surface area contributed by atoms with E-state index in [1.807, 2.05) is 13.8 Å². The third-order valence-corrected chi connectivity index (χ3v) is 2.70. The molecule has 1 aromatic heterocycles. The second-order valence-corrected chi connectivity index (χ2v) is 4.18. The van der Waals surface area contributed by atoms with Crippen LogP contribution in [0.4, 0.5) is 13.2 Å². The molecule has 96 valence electrons. The second-order valence-electron chi connectivity index (χ2n) is 4.18. The number of pyridine rings is 1. The lowest BCUT2D eigenvalue weighted by molar-refractivity contribution is -0.137. The van der Waals surface area contributed by atoms with Crippen molar-refractivity contribution >= 4 is 0 Å². The number of alkyl halides is 3. The van der Waals surface area contributed by atoms with Crippen LogP contribution in [0.25, 0.3) is 0 Å². The van der Waals surface area contributed by atoms with Gasteiger partial charge in [0, 0.05) is 6.20 Å². The fraction of sp³-hybridized carbons (Fsp3) is 0.583. The van der Waals surface area contributed by atoms with Gasteiger partial charge in [0.15, 0.2) is 0 Å². The predicted octanol–water partition coefficient (Wildman–Crippen LogP) is 3.57. The fourth-order valence-electron chi connectivity index (χ4n) is 1.65. The van der Waals surface area contributed by atoms with Gasteiger partial charge >= 0.3 is 6.18 Å². The summed E-state index contributed by atoms with van der Waals surface area (Å²) in [6.45, 7) is 3.84. The Morgan fingerprint density at radius 3 is 2.41 bits per heavy atom. The van der Waals surface area contributed by atoms with Gasteiger partial charge in [-0.3, -0.25) is 4.98 Å². The first-order chi connectivity index (χ1) is 7.86. The molecule has 2 atom stereocenters. The molecule has 1 heterocycles. The van der Waals surface area contributed by atoms with Gasteiger partial charge in [0.25, 0.3) is 0 Å². The summed E-state index contributed by atoms with van der Waals surface area (Å²) in [6, 6.07) is 2.18. The smallest absolute Gasteiger partial charge is 0.387 e. The highest BCUT2D eigenvalue weighted by Crippen LogP contribution is 2.30. The Kier molecular flexibility index (Phi) is 4.51. The minimum Gasteiger partial charge on any atom is -0.387 e. The summed E-state index contributed by atoms with van der Waals surface area (Å²) in [6.07, 6.45) is -2.71. The summed E-state index contributed by atoms with van der Waals surface area (Å²) in [5, 5.41) is 9.87. The molecule has 0 aromatic carbocycles. The van der Waals surface area contributed by atoms with Crippen LogP contribution < -0.4 is 0 Å². The maximum absolute atomic E-state index is 12.3. The van der Waals surface area contributed by atoms with E-state index in [4.69, 9.17) is 0 Å². The number of halogens is 3. The average Bonchev–Trinajstić information content (AvgIpc) is 2.27. The zero-order chi connectivity index (χ0) is 13.1. The maximum Gasteiger partial charge on any atom is 0.417 e. The first-order valence-electron chi connectivity index (χ1n) is 5.57. The van der Waals surface area contributed by atoms with E-state index >= 15 is 0 Å². The van der Waals surface area contributed by atoms with Crippen molar-refractivity contribution in [3.8, 4) is 0 Å². The lowest BCUT2D eigenvalue weighted by Crippen LogP contribution is -2.12. The second kappa shape index (κ2) is 5.49. The highest BCUT2D eigenvalue weighted by atomic mass is 19.4. The van der Waals surface area contributed by atoms with Crippen LogP contribution >= 0.6 is 0 Å². The molecule has 1 rings (SSSR count). The SMILES string of the molecule is CCCC(C)C(O)c1ccc(C(F)(F)F)cn1. The van der Waals surface area contributed by atoms with Crippen LogP contribution in [0.2, 0.25) is 0 Å². The molecule has 0 saturated carbocycles. The van der Waals surface area contributed by atoms with E-state index in [-0.39, 0.29) is 5.92 Å². The first kappa shape index (κ1) is 14.0. The third kappa shape index (κ3) is 3.70. The monoisotopic (exact) mass is 247 g/mol. The Hall–Kier alpha value is -1.10. The third-order valence-electron chi connectivity index (χ3n) is 2.70. The van der Waals surface area contributed by atoms with Crippen LogP contribution in [0.1, 0.15) is 44.1 Å². The fourth-order valence-corrected chi connectivity index (χ4v) is 1.65. The number of hydrogen-bond acceptors (Lipinski definition) is 2. The van der Waals surface area contributed by atoms with E-state index in [0.29, 0.717) is 5.69 Å². The van der Waals surface area contributed by atoms with Gasteiger partial charge in [-0.1, -0.05) is 20.3 Å². The maximum atomic E-state index is 12.3. The molecule has 0 radical (unpaired) electrons. The van der Waals surface area contributed by atoms with Gasteiger partial charge < -0.3 is 5.11 Å². The minimum atomic E-state index is -4.38. The van der Waals surface area contributed by atoms with Crippen LogP contribution in [-0.2, 0) is 6.18 Å². The number of aromatic nitrogens is 1. The van der Waals surface area contributed by atoms with E-state index < -0.39 is 17.8 Å². The minimum absolute atomic E-state index is 0.00997. The van der Waals surface area contributed by atoms with Gasteiger partial charge in [0.1, 0.15) is 0 Å². The Morgan fingerprint density at radius 1 is 1.35 bits per heavy atom. The van der Waals surface area contributed by atoms with Crippen molar-refractivity contribution in [3.05, 3.63) is 29.6 Å². The van der Waals surface area contributed by atoms with Crippen molar-refractivity contribution in [1.82, 2.24) is 4.98 Å². The van der Waals surface area contributed by atoms with Crippen molar-refractivity contribution < 1.29 is 18.3 Å². The van der Waals surface area contributed by atoms with Crippen LogP contribution in [0, 0.1) is 5.92 Å². The molecule has 0 spiro atoms. The Balaban J connectivity index is 2.80. The van der Waals surface area contributed by atoms with Crippen molar-refractivity contribution in [2.45, 2.75) is 39.0 Å². The van der Waals surface area contributed by atoms with E-state index in [1.165, 1.54) is 6.07 Å². The molecule has 5 heteroatoms. The Labute approximate surface area is 98.5 Å². The standard InChI is InChI=1S/C12H16F3NO/c1-3-4-8(2)11(17)10-6-5-9(7-16-10)12(13,14)15/h5-8,11,17H,3-4H2,1-2H3. The lowest BCUT2D eigenvalue weighted by atomic mass is 9.96. The van der Waals surface area contributed by atoms with Gasteiger partial charge in [0.05, 0.1) is 17.4 Å². The van der Waals surface area contributed by atoms with E-state index in [9.17, 15) is 18.3 Å². The Bertz CT molecular complexity index is 348. The van der Waals surface area contributed by atoms with Gasteiger partial charge in [-0.2, -0.15) is 13.2 Å². The quantitative estimate of drug-likeness (QED) is 0.882. The summed E-state index contributed by atoms with van der Waals surface area (Å²) >= 11 is 0. The van der Waals surface area contributed by atoms with E-state index in [2.05, 4.69) is 4.98 Å². The molecule has 1 N–H and O–H groups in total. The molecular formula is C12H16F3NO. The largest absolute Gasteiger partial charge is 0.417 e. The van der Waals surface area contributed by atoms with E-state index in [0.717, 1.165) is 25.1 Å². The van der Waals surface area contributed by atoms with Gasteiger partial charge in [-0.05, 0) is 24.5 Å². The summed E-state index contributed by atoms with van der Waals surface area (Å²) < 4.78 is 36.9. The predicted molar refractivity (Wildman–Crippen MR) is 58.3 cm³/mol. The van der Waals surface area contributed by atoms with Gasteiger partial charge in [0.2, 0.25) is 0 Å². The lowest BCUT2D eigenvalue weighted by Gasteiger charge is -2.18. The van der Waals surface area contributed by atoms with Gasteiger partial charge in [-0.25, -0.2) is 0 Å². The molecule has 0 aliphatic carbocycles. The van der Waals surface area contributed by atoms with Crippen LogP contribution in [0.5, 0.6) is 0 Å². The molecule has 0 amide bonds. The number of aliphatic hydroxyl groups excluding tert-OH is 1. The highest BCUT2D eigenvalue weighted by Gasteiger charge is 2.31. The number of hydrogen-bond donors (Lipinski definition) is 1. The van der Waals surface area contributed by atoms with Crippen LogP contribution in [0.15, 0.2) is 18.3 Å². The zero-order valence-electron chi connectivity index (χ0n) is 9.83. The topological polar surface area (TPSA) is 33.1 Å². The van der Waals surface area contributed by atoms with E-state index in [1.54, 1.807) is 0 Å². The molecule has 0 fully saturated rings. The number of nitrogens with zero attached hydrogens (tertiary/aromatic N) is 1. The molecule has 17 heavy (non-hydrogen) atoms. The number of rotatable bonds is 4. The summed E-state index contributed by atoms with van der Waals surface area (Å²) in [5.41, 5.74) is -0.504. The number of aliphatic hydroxyl groups is 1. The average molecular weight is 247 g/mol. The normalized spacial score (nSPS) is 15.6. The first-order valence-corrected chi connectivity index (χ1v) is 5.57. The molecule has 1 aromatic rings. The van der Waals surface area contributed by atoms with Crippen molar-refractivity contribution in [1.29, 1.82) is 0 Å². The molecule has 0 saturated heterocycles. The summed E-state index contributed by atoms with van der Waals surface area (Å²) in [7, 11) is 0.